The zero-order valence-corrected chi connectivity index (χ0v) is 16.7. The lowest BCUT2D eigenvalue weighted by Gasteiger charge is -2.35. The van der Waals surface area contributed by atoms with Gasteiger partial charge in [0.05, 0.1) is 5.52 Å². The molecule has 2 saturated heterocycles. The minimum atomic E-state index is -0.00636. The number of piperazine rings is 1. The largest absolute Gasteiger partial charge is 0.381 e. The van der Waals surface area contributed by atoms with Crippen molar-refractivity contribution in [1.29, 1.82) is 0 Å². The third kappa shape index (κ3) is 3.93. The fraction of sp³-hybridized carbons (Fsp3) is 0.429. The fourth-order valence-corrected chi connectivity index (χ4v) is 3.85. The van der Waals surface area contributed by atoms with Gasteiger partial charge in [0.1, 0.15) is 5.69 Å². The van der Waals surface area contributed by atoms with Crippen molar-refractivity contribution in [3.05, 3.63) is 36.4 Å². The lowest BCUT2D eigenvalue weighted by molar-refractivity contribution is 0.0779. The van der Waals surface area contributed by atoms with Crippen LogP contribution in [-0.2, 0) is 4.74 Å². The normalized spacial score (nSPS) is 18.0. The van der Waals surface area contributed by atoms with Gasteiger partial charge < -0.3 is 24.4 Å². The average molecular weight is 408 g/mol. The lowest BCUT2D eigenvalue weighted by Crippen LogP contribution is -2.54. The van der Waals surface area contributed by atoms with Crippen molar-refractivity contribution in [1.82, 2.24) is 25.3 Å². The molecule has 4 heterocycles. The highest BCUT2D eigenvalue weighted by molar-refractivity contribution is 5.80. The summed E-state index contributed by atoms with van der Waals surface area (Å²) in [5.41, 5.74) is 1.57. The Bertz CT molecular complexity index is 1020. The van der Waals surface area contributed by atoms with Gasteiger partial charge in [-0.05, 0) is 25.0 Å². The number of hydrogen-bond acceptors (Lipinski definition) is 7. The summed E-state index contributed by atoms with van der Waals surface area (Å²) in [5.74, 6) is 0.468. The molecule has 1 aromatic carbocycles. The molecule has 2 aliphatic heterocycles. The van der Waals surface area contributed by atoms with E-state index in [4.69, 9.17) is 9.26 Å². The van der Waals surface area contributed by atoms with Crippen LogP contribution in [0, 0.1) is 0 Å². The van der Waals surface area contributed by atoms with Crippen molar-refractivity contribution in [2.24, 2.45) is 0 Å². The molecule has 0 radical (unpaired) electrons. The van der Waals surface area contributed by atoms with Gasteiger partial charge in [-0.2, -0.15) is 4.98 Å². The molecule has 0 atom stereocenters. The number of aromatic nitrogens is 3. The maximum absolute atomic E-state index is 12.5. The molecule has 2 amide bonds. The number of ether oxygens (including phenoxy) is 1. The predicted molar refractivity (Wildman–Crippen MR) is 111 cm³/mol. The summed E-state index contributed by atoms with van der Waals surface area (Å²) in [6, 6.07) is 12.5. The van der Waals surface area contributed by atoms with Gasteiger partial charge in [-0.25, -0.2) is 9.78 Å². The Morgan fingerprint density at radius 3 is 2.63 bits per heavy atom. The monoisotopic (exact) mass is 408 g/mol. The summed E-state index contributed by atoms with van der Waals surface area (Å²) in [5, 5.41) is 8.29. The van der Waals surface area contributed by atoms with E-state index in [1.54, 1.807) is 0 Å². The number of carbonyl (C=O) groups is 1. The predicted octanol–water partition coefficient (Wildman–Crippen LogP) is 2.30. The second-order valence-electron chi connectivity index (χ2n) is 7.60. The molecule has 0 aliphatic carbocycles. The second-order valence-corrected chi connectivity index (χ2v) is 7.60. The fourth-order valence-electron chi connectivity index (χ4n) is 3.85. The van der Waals surface area contributed by atoms with Crippen LogP contribution in [0.4, 0.5) is 10.8 Å². The SMILES string of the molecule is O=C(NC1CCOCC1)N1CCN(c2nc(-c3ccc4ccccc4n3)no2)CC1. The van der Waals surface area contributed by atoms with Crippen LogP contribution in [0.2, 0.25) is 0 Å². The number of benzene rings is 1. The van der Waals surface area contributed by atoms with E-state index < -0.39 is 0 Å². The smallest absolute Gasteiger partial charge is 0.324 e. The number of urea groups is 1. The quantitative estimate of drug-likeness (QED) is 0.710. The first-order valence-electron chi connectivity index (χ1n) is 10.3. The highest BCUT2D eigenvalue weighted by Crippen LogP contribution is 2.22. The van der Waals surface area contributed by atoms with Crippen molar-refractivity contribution >= 4 is 22.9 Å². The molecule has 9 heteroatoms. The first kappa shape index (κ1) is 18.8. The number of anilines is 1. The van der Waals surface area contributed by atoms with Gasteiger partial charge in [-0.1, -0.05) is 29.4 Å². The summed E-state index contributed by atoms with van der Waals surface area (Å²) in [4.78, 5) is 25.5. The Kier molecular flexibility index (Phi) is 5.18. The summed E-state index contributed by atoms with van der Waals surface area (Å²) in [6.07, 6.45) is 1.75. The molecule has 2 aromatic heterocycles. The molecule has 0 bridgehead atoms. The van der Waals surface area contributed by atoms with Crippen LogP contribution in [0.5, 0.6) is 0 Å². The zero-order chi connectivity index (χ0) is 20.3. The van der Waals surface area contributed by atoms with E-state index in [-0.39, 0.29) is 12.1 Å². The molecule has 3 aromatic rings. The van der Waals surface area contributed by atoms with E-state index >= 15 is 0 Å². The number of pyridine rings is 1. The molecule has 0 spiro atoms. The number of amides is 2. The number of nitrogens with one attached hydrogen (secondary N) is 1. The molecule has 2 aliphatic rings. The van der Waals surface area contributed by atoms with E-state index in [0.717, 1.165) is 23.7 Å². The van der Waals surface area contributed by atoms with E-state index in [0.29, 0.717) is 56.9 Å². The molecule has 0 unspecified atom stereocenters. The minimum Gasteiger partial charge on any atom is -0.381 e. The molecule has 1 N–H and O–H groups in total. The van der Waals surface area contributed by atoms with E-state index in [1.807, 2.05) is 46.2 Å². The third-order valence-electron chi connectivity index (χ3n) is 5.63. The minimum absolute atomic E-state index is 0.00636. The van der Waals surface area contributed by atoms with Crippen LogP contribution in [0.1, 0.15) is 12.8 Å². The summed E-state index contributed by atoms with van der Waals surface area (Å²) in [6.45, 7) is 3.94. The standard InChI is InChI=1S/C21H24N6O3/c28-20(22-16-7-13-29-14-8-16)26-9-11-27(12-10-26)21-24-19(25-30-21)18-6-5-15-3-1-2-4-17(15)23-18/h1-6,16H,7-14H2,(H,22,28). The van der Waals surface area contributed by atoms with E-state index in [9.17, 15) is 4.79 Å². The van der Waals surface area contributed by atoms with Crippen LogP contribution < -0.4 is 10.2 Å². The van der Waals surface area contributed by atoms with Gasteiger partial charge in [-0.15, -0.1) is 0 Å². The molecular weight excluding hydrogens is 384 g/mol. The van der Waals surface area contributed by atoms with Crippen LogP contribution in [0.15, 0.2) is 40.9 Å². The van der Waals surface area contributed by atoms with Gasteiger partial charge >= 0.3 is 12.0 Å². The van der Waals surface area contributed by atoms with Crippen molar-refractivity contribution in [2.45, 2.75) is 18.9 Å². The van der Waals surface area contributed by atoms with E-state index in [2.05, 4.69) is 20.4 Å². The lowest BCUT2D eigenvalue weighted by atomic mass is 10.1. The topological polar surface area (TPSA) is 96.6 Å². The van der Waals surface area contributed by atoms with Crippen LogP contribution in [0.3, 0.4) is 0 Å². The molecule has 9 nitrogen and oxygen atoms in total. The van der Waals surface area contributed by atoms with Gasteiger partial charge in [0.25, 0.3) is 0 Å². The number of carbonyl (C=O) groups excluding carboxylic acids is 1. The molecule has 5 rings (SSSR count). The van der Waals surface area contributed by atoms with Gasteiger partial charge in [0, 0.05) is 50.8 Å². The van der Waals surface area contributed by atoms with Crippen molar-refractivity contribution in [2.75, 3.05) is 44.3 Å². The van der Waals surface area contributed by atoms with Gasteiger partial charge in [0.15, 0.2) is 0 Å². The molecule has 2 fully saturated rings. The first-order chi connectivity index (χ1) is 14.8. The summed E-state index contributed by atoms with van der Waals surface area (Å²) in [7, 11) is 0. The average Bonchev–Trinajstić information content (AvgIpc) is 3.30. The first-order valence-corrected chi connectivity index (χ1v) is 10.3. The number of nitrogens with zero attached hydrogens (tertiary/aromatic N) is 5. The Balaban J connectivity index is 1.20. The highest BCUT2D eigenvalue weighted by atomic mass is 16.5. The number of rotatable bonds is 3. The van der Waals surface area contributed by atoms with Crippen LogP contribution in [0.25, 0.3) is 22.4 Å². The van der Waals surface area contributed by atoms with E-state index in [1.165, 1.54) is 0 Å². The zero-order valence-electron chi connectivity index (χ0n) is 16.7. The second kappa shape index (κ2) is 8.27. The molecule has 156 valence electrons. The Labute approximate surface area is 174 Å². The Morgan fingerprint density at radius 2 is 1.80 bits per heavy atom. The number of para-hydroxylation sites is 1. The van der Waals surface area contributed by atoms with Crippen molar-refractivity contribution in [3.63, 3.8) is 0 Å². The third-order valence-corrected chi connectivity index (χ3v) is 5.63. The number of fused-ring (bicyclic) bond motifs is 1. The van der Waals surface area contributed by atoms with Gasteiger partial charge in [-0.3, -0.25) is 0 Å². The van der Waals surface area contributed by atoms with Crippen LogP contribution in [-0.4, -0.2) is 71.5 Å². The van der Waals surface area contributed by atoms with Gasteiger partial charge in [0.2, 0.25) is 5.82 Å². The molecule has 0 saturated carbocycles. The maximum atomic E-state index is 12.5. The Hall–Kier alpha value is -3.20. The molecular formula is C21H24N6O3. The Morgan fingerprint density at radius 1 is 1.00 bits per heavy atom. The van der Waals surface area contributed by atoms with Crippen molar-refractivity contribution < 1.29 is 14.1 Å². The summed E-state index contributed by atoms with van der Waals surface area (Å²) < 4.78 is 10.8. The molecule has 30 heavy (non-hydrogen) atoms. The van der Waals surface area contributed by atoms with Crippen molar-refractivity contribution in [3.8, 4) is 11.5 Å². The van der Waals surface area contributed by atoms with Crippen LogP contribution >= 0.6 is 0 Å². The highest BCUT2D eigenvalue weighted by Gasteiger charge is 2.26. The maximum Gasteiger partial charge on any atom is 0.324 e. The number of hydrogen-bond donors (Lipinski definition) is 1. The summed E-state index contributed by atoms with van der Waals surface area (Å²) >= 11 is 0.